The van der Waals surface area contributed by atoms with Gasteiger partial charge in [0.15, 0.2) is 0 Å². The highest BCUT2D eigenvalue weighted by Crippen LogP contribution is 2.22. The van der Waals surface area contributed by atoms with E-state index >= 15 is 0 Å². The van der Waals surface area contributed by atoms with Crippen LogP contribution in [-0.4, -0.2) is 91.0 Å². The second kappa shape index (κ2) is 45.3. The lowest BCUT2D eigenvalue weighted by Gasteiger charge is -2.25. The van der Waals surface area contributed by atoms with Gasteiger partial charge in [0.2, 0.25) is 5.91 Å². The molecule has 0 heterocycles. The number of nitrogens with zero attached hydrogens (tertiary/aromatic N) is 1. The maximum Gasteiger partial charge on any atom is 0.408 e. The second-order valence-electron chi connectivity index (χ2n) is 20.6. The Labute approximate surface area is 417 Å². The number of hydrogen-bond donors (Lipinski definition) is 3. The molecule has 0 aliphatic carbocycles. The Morgan fingerprint density at radius 3 is 1.25 bits per heavy atom. The van der Waals surface area contributed by atoms with Crippen molar-refractivity contribution in [2.75, 3.05) is 39.4 Å². The normalized spacial score (nSPS) is 12.9. The SMILES string of the molecule is CCCCCCCCC(CCCCCC)C(=O)OCCCCCCN(CCCCCCOC(=O)C(CCCCCC)CCCCCCCC)CCNC(=O)[C@H](CCC(=O)O)NC(=O)OC(C)(C)C. The lowest BCUT2D eigenvalue weighted by molar-refractivity contribution is -0.150. The summed E-state index contributed by atoms with van der Waals surface area (Å²) in [5.41, 5.74) is -0.763. The van der Waals surface area contributed by atoms with E-state index in [1.54, 1.807) is 20.8 Å². The molecule has 0 aliphatic heterocycles. The van der Waals surface area contributed by atoms with E-state index in [-0.39, 0.29) is 36.6 Å². The Hall–Kier alpha value is -2.89. The van der Waals surface area contributed by atoms with Crippen LogP contribution in [0.25, 0.3) is 0 Å². The van der Waals surface area contributed by atoms with Crippen molar-refractivity contribution in [3.8, 4) is 0 Å². The van der Waals surface area contributed by atoms with Gasteiger partial charge in [0.1, 0.15) is 11.6 Å². The van der Waals surface area contributed by atoms with E-state index < -0.39 is 29.6 Å². The van der Waals surface area contributed by atoms with Crippen LogP contribution >= 0.6 is 0 Å². The number of esters is 2. The molecule has 3 N–H and O–H groups in total. The smallest absolute Gasteiger partial charge is 0.408 e. The highest BCUT2D eigenvalue weighted by Gasteiger charge is 2.25. The number of alkyl carbamates (subject to hydrolysis) is 1. The molecule has 0 aromatic carbocycles. The number of carboxylic acid groups (broad SMARTS) is 1. The molecule has 0 bridgehead atoms. The summed E-state index contributed by atoms with van der Waals surface area (Å²) in [6, 6.07) is -1.03. The average Bonchev–Trinajstić information content (AvgIpc) is 3.29. The predicted octanol–water partition coefficient (Wildman–Crippen LogP) is 14.0. The fourth-order valence-corrected chi connectivity index (χ4v) is 8.68. The third-order valence-corrected chi connectivity index (χ3v) is 12.9. The van der Waals surface area contributed by atoms with Gasteiger partial charge < -0.3 is 34.9 Å². The number of hydrogen-bond acceptors (Lipinski definition) is 9. The zero-order chi connectivity index (χ0) is 50.5. The molecule has 0 aromatic heterocycles. The summed E-state index contributed by atoms with van der Waals surface area (Å²) in [5.74, 6) is -1.49. The van der Waals surface area contributed by atoms with Crippen molar-refractivity contribution < 1.29 is 43.3 Å². The first-order valence-electron chi connectivity index (χ1n) is 28.3. The van der Waals surface area contributed by atoms with Crippen LogP contribution in [0.5, 0.6) is 0 Å². The van der Waals surface area contributed by atoms with E-state index in [1.165, 1.54) is 103 Å². The summed E-state index contributed by atoms with van der Waals surface area (Å²) in [4.78, 5) is 65.7. The summed E-state index contributed by atoms with van der Waals surface area (Å²) in [6.07, 6.45) is 34.2. The van der Waals surface area contributed by atoms with Crippen molar-refractivity contribution in [1.29, 1.82) is 0 Å². The topological polar surface area (TPSA) is 161 Å². The molecule has 0 saturated carbocycles. The van der Waals surface area contributed by atoms with Gasteiger partial charge in [-0.1, -0.05) is 182 Å². The summed E-state index contributed by atoms with van der Waals surface area (Å²) in [7, 11) is 0. The van der Waals surface area contributed by atoms with Crippen LogP contribution in [-0.2, 0) is 33.4 Å². The lowest BCUT2D eigenvalue weighted by atomic mass is 9.94. The Morgan fingerprint density at radius 1 is 0.485 bits per heavy atom. The van der Waals surface area contributed by atoms with Crippen molar-refractivity contribution in [2.45, 2.75) is 278 Å². The molecule has 68 heavy (non-hydrogen) atoms. The van der Waals surface area contributed by atoms with Gasteiger partial charge in [-0.2, -0.15) is 0 Å². The van der Waals surface area contributed by atoms with Crippen LogP contribution in [0.4, 0.5) is 4.79 Å². The quantitative estimate of drug-likeness (QED) is 0.0304. The van der Waals surface area contributed by atoms with Crippen LogP contribution in [0.15, 0.2) is 0 Å². The molecule has 400 valence electrons. The van der Waals surface area contributed by atoms with E-state index in [4.69, 9.17) is 14.2 Å². The van der Waals surface area contributed by atoms with Crippen LogP contribution in [0.1, 0.15) is 267 Å². The number of amides is 2. The molecule has 2 amide bonds. The average molecular weight is 966 g/mol. The molecule has 3 atom stereocenters. The number of unbranched alkanes of at least 4 members (excludes halogenated alkanes) is 22. The Kier molecular flexibility index (Phi) is 43.3. The standard InChI is InChI=1S/C56H107N3O9/c1-8-12-16-20-22-30-38-48(36-28-18-14-10-3)53(63)66-46-34-26-24-32-43-59(45-42-57-52(62)50(40-41-51(60)61)58-55(65)68-56(5,6)7)44-33-25-27-35-47-67-54(64)49(37-29-19-15-11-4)39-31-23-21-17-13-9-2/h48-50H,8-47H2,1-7H3,(H,57,62)(H,58,65)(H,60,61)/t48?,49?,50-/m0/s1. The first-order chi connectivity index (χ1) is 32.8. The molecular formula is C56H107N3O9. The number of rotatable bonds is 48. The first-order valence-corrected chi connectivity index (χ1v) is 28.3. The van der Waals surface area contributed by atoms with Gasteiger partial charge in [-0.25, -0.2) is 4.79 Å². The van der Waals surface area contributed by atoms with Crippen molar-refractivity contribution in [3.05, 3.63) is 0 Å². The molecule has 0 fully saturated rings. The number of carbonyl (C=O) groups excluding carboxylic acids is 4. The molecule has 0 aromatic rings. The number of carbonyl (C=O) groups is 5. The monoisotopic (exact) mass is 966 g/mol. The maximum atomic E-state index is 13.2. The number of aliphatic carboxylic acids is 1. The Bertz CT molecular complexity index is 1180. The van der Waals surface area contributed by atoms with Gasteiger partial charge in [0.25, 0.3) is 0 Å². The van der Waals surface area contributed by atoms with E-state index in [0.29, 0.717) is 26.3 Å². The zero-order valence-electron chi connectivity index (χ0n) is 45.2. The van der Waals surface area contributed by atoms with Gasteiger partial charge >= 0.3 is 24.0 Å². The highest BCUT2D eigenvalue weighted by molar-refractivity contribution is 5.86. The summed E-state index contributed by atoms with van der Waals surface area (Å²) < 4.78 is 17.0. The predicted molar refractivity (Wildman–Crippen MR) is 279 cm³/mol. The molecule has 12 nitrogen and oxygen atoms in total. The molecule has 0 rings (SSSR count). The maximum absolute atomic E-state index is 13.2. The molecule has 0 aliphatic rings. The van der Waals surface area contributed by atoms with E-state index in [2.05, 4.69) is 43.2 Å². The van der Waals surface area contributed by atoms with Gasteiger partial charge in [-0.3, -0.25) is 19.2 Å². The van der Waals surface area contributed by atoms with Gasteiger partial charge in [-0.15, -0.1) is 0 Å². The number of ether oxygens (including phenoxy) is 3. The van der Waals surface area contributed by atoms with Crippen molar-refractivity contribution in [1.82, 2.24) is 15.5 Å². The van der Waals surface area contributed by atoms with Crippen molar-refractivity contribution in [2.24, 2.45) is 11.8 Å². The molecule has 2 unspecified atom stereocenters. The zero-order valence-corrected chi connectivity index (χ0v) is 45.2. The lowest BCUT2D eigenvalue weighted by Crippen LogP contribution is -2.49. The molecular weight excluding hydrogens is 859 g/mol. The van der Waals surface area contributed by atoms with E-state index in [0.717, 1.165) is 116 Å². The minimum absolute atomic E-state index is 0.0137. The Balaban J connectivity index is 5.21. The van der Waals surface area contributed by atoms with Gasteiger partial charge in [0, 0.05) is 19.5 Å². The Morgan fingerprint density at radius 2 is 0.853 bits per heavy atom. The summed E-state index contributed by atoms with van der Waals surface area (Å²) in [5, 5.41) is 14.8. The largest absolute Gasteiger partial charge is 0.481 e. The first kappa shape index (κ1) is 65.1. The van der Waals surface area contributed by atoms with Crippen LogP contribution in [0.3, 0.4) is 0 Å². The summed E-state index contributed by atoms with van der Waals surface area (Å²) in [6.45, 7) is 17.7. The number of nitrogens with one attached hydrogen (secondary N) is 2. The highest BCUT2D eigenvalue weighted by atomic mass is 16.6. The summed E-state index contributed by atoms with van der Waals surface area (Å²) >= 11 is 0. The fraction of sp³-hybridized carbons (Fsp3) is 0.911. The number of carboxylic acids is 1. The molecule has 0 spiro atoms. The van der Waals surface area contributed by atoms with Gasteiger partial charge in [-0.05, 0) is 91.6 Å². The third-order valence-electron chi connectivity index (χ3n) is 12.9. The van der Waals surface area contributed by atoms with Crippen LogP contribution in [0, 0.1) is 11.8 Å². The second-order valence-corrected chi connectivity index (χ2v) is 20.6. The van der Waals surface area contributed by atoms with Crippen LogP contribution in [0.2, 0.25) is 0 Å². The third kappa shape index (κ3) is 40.9. The molecule has 0 saturated heterocycles. The van der Waals surface area contributed by atoms with E-state index in [9.17, 15) is 29.1 Å². The minimum Gasteiger partial charge on any atom is -0.481 e. The van der Waals surface area contributed by atoms with E-state index in [1.807, 2.05) is 0 Å². The van der Waals surface area contributed by atoms with Crippen molar-refractivity contribution >= 4 is 29.9 Å². The van der Waals surface area contributed by atoms with Crippen molar-refractivity contribution in [3.63, 3.8) is 0 Å². The minimum atomic E-state index is -1.05. The van der Waals surface area contributed by atoms with Crippen LogP contribution < -0.4 is 10.6 Å². The van der Waals surface area contributed by atoms with Gasteiger partial charge in [0.05, 0.1) is 25.0 Å². The molecule has 0 radical (unpaired) electrons. The fourth-order valence-electron chi connectivity index (χ4n) is 8.68. The molecule has 12 heteroatoms.